The van der Waals surface area contributed by atoms with Crippen molar-refractivity contribution < 1.29 is 5.11 Å². The van der Waals surface area contributed by atoms with Crippen LogP contribution in [0.4, 0.5) is 5.69 Å². The van der Waals surface area contributed by atoms with Gasteiger partial charge < -0.3 is 15.3 Å². The Morgan fingerprint density at radius 1 is 1.26 bits per heavy atom. The average molecular weight is 300 g/mol. The van der Waals surface area contributed by atoms with Gasteiger partial charge in [0.05, 0.1) is 17.3 Å². The number of hydrogen-bond acceptors (Lipinski definition) is 3. The van der Waals surface area contributed by atoms with E-state index in [2.05, 4.69) is 15.1 Å². The summed E-state index contributed by atoms with van der Waals surface area (Å²) >= 11 is 11.5. The van der Waals surface area contributed by atoms with Crippen LogP contribution in [-0.2, 0) is 0 Å². The fourth-order valence-electron chi connectivity index (χ4n) is 2.07. The van der Waals surface area contributed by atoms with Gasteiger partial charge in [-0.3, -0.25) is 4.90 Å². The van der Waals surface area contributed by atoms with Gasteiger partial charge in [0.25, 0.3) is 0 Å². The Kier molecular flexibility index (Phi) is 5.39. The largest absolute Gasteiger partial charge is 0.395 e. The van der Waals surface area contributed by atoms with E-state index in [0.29, 0.717) is 10.1 Å². The third kappa shape index (κ3) is 4.04. The van der Waals surface area contributed by atoms with Gasteiger partial charge in [-0.15, -0.1) is 0 Å². The lowest BCUT2D eigenvalue weighted by Crippen LogP contribution is -2.50. The molecule has 1 aromatic carbocycles. The van der Waals surface area contributed by atoms with Crippen molar-refractivity contribution in [3.63, 3.8) is 0 Å². The van der Waals surface area contributed by atoms with Gasteiger partial charge in [0.1, 0.15) is 0 Å². The van der Waals surface area contributed by atoms with Crippen LogP contribution in [0.3, 0.4) is 0 Å². The predicted octanol–water partition coefficient (Wildman–Crippen LogP) is 1.65. The molecule has 1 fully saturated rings. The normalized spacial score (nSPS) is 16.4. The number of aliphatic hydroxyl groups is 1. The van der Waals surface area contributed by atoms with E-state index in [1.165, 1.54) is 0 Å². The van der Waals surface area contributed by atoms with E-state index in [-0.39, 0.29) is 6.61 Å². The molecule has 1 aliphatic rings. The second kappa shape index (κ2) is 7.05. The van der Waals surface area contributed by atoms with Crippen LogP contribution in [0.5, 0.6) is 0 Å². The van der Waals surface area contributed by atoms with E-state index in [0.717, 1.165) is 38.4 Å². The number of para-hydroxylation sites is 1. The maximum absolute atomic E-state index is 8.91. The van der Waals surface area contributed by atoms with Crippen molar-refractivity contribution in [2.75, 3.05) is 44.6 Å². The van der Waals surface area contributed by atoms with Gasteiger partial charge in [-0.2, -0.15) is 0 Å². The van der Waals surface area contributed by atoms with Crippen LogP contribution >= 0.6 is 23.8 Å². The lowest BCUT2D eigenvalue weighted by Gasteiger charge is -2.35. The Morgan fingerprint density at radius 3 is 2.58 bits per heavy atom. The van der Waals surface area contributed by atoms with Crippen LogP contribution in [0, 0.1) is 0 Å². The maximum Gasteiger partial charge on any atom is 0.173 e. The van der Waals surface area contributed by atoms with Gasteiger partial charge in [0.2, 0.25) is 0 Å². The monoisotopic (exact) mass is 299 g/mol. The number of hydrogen-bond donors (Lipinski definition) is 2. The zero-order valence-electron chi connectivity index (χ0n) is 10.7. The first kappa shape index (κ1) is 14.5. The second-order valence-electron chi connectivity index (χ2n) is 4.46. The van der Waals surface area contributed by atoms with Crippen LogP contribution in [0.1, 0.15) is 0 Å². The summed E-state index contributed by atoms with van der Waals surface area (Å²) in [6, 6.07) is 7.57. The van der Waals surface area contributed by atoms with Gasteiger partial charge in [-0.1, -0.05) is 23.7 Å². The third-order valence-corrected chi connectivity index (χ3v) is 3.88. The summed E-state index contributed by atoms with van der Waals surface area (Å²) < 4.78 is 0. The molecule has 1 aliphatic heterocycles. The highest BCUT2D eigenvalue weighted by atomic mass is 35.5. The lowest BCUT2D eigenvalue weighted by atomic mass is 10.3. The number of nitrogens with zero attached hydrogens (tertiary/aromatic N) is 2. The van der Waals surface area contributed by atoms with Crippen molar-refractivity contribution in [2.45, 2.75) is 0 Å². The molecular weight excluding hydrogens is 282 g/mol. The Morgan fingerprint density at radius 2 is 1.95 bits per heavy atom. The van der Waals surface area contributed by atoms with Crippen molar-refractivity contribution in [1.29, 1.82) is 0 Å². The SMILES string of the molecule is OCCN1CCN(C(=S)Nc2ccccc2Cl)CC1. The van der Waals surface area contributed by atoms with Crippen molar-refractivity contribution in [1.82, 2.24) is 9.80 Å². The minimum atomic E-state index is 0.211. The summed E-state index contributed by atoms with van der Waals surface area (Å²) in [6.07, 6.45) is 0. The van der Waals surface area contributed by atoms with E-state index >= 15 is 0 Å². The van der Waals surface area contributed by atoms with Crippen LogP contribution in [0.25, 0.3) is 0 Å². The highest BCUT2D eigenvalue weighted by molar-refractivity contribution is 7.80. The van der Waals surface area contributed by atoms with Gasteiger partial charge in [0.15, 0.2) is 5.11 Å². The fourth-order valence-corrected chi connectivity index (χ4v) is 2.55. The number of aliphatic hydroxyl groups excluding tert-OH is 1. The van der Waals surface area contributed by atoms with E-state index in [1.54, 1.807) is 0 Å². The van der Waals surface area contributed by atoms with Crippen LogP contribution in [0.2, 0.25) is 5.02 Å². The van der Waals surface area contributed by atoms with Gasteiger partial charge in [-0.25, -0.2) is 0 Å². The molecule has 19 heavy (non-hydrogen) atoms. The number of piperazine rings is 1. The molecule has 6 heteroatoms. The number of nitrogens with one attached hydrogen (secondary N) is 1. The molecule has 2 rings (SSSR count). The van der Waals surface area contributed by atoms with E-state index in [9.17, 15) is 0 Å². The second-order valence-corrected chi connectivity index (χ2v) is 5.26. The molecule has 0 amide bonds. The minimum Gasteiger partial charge on any atom is -0.395 e. The predicted molar refractivity (Wildman–Crippen MR) is 82.8 cm³/mol. The molecule has 0 radical (unpaired) electrons. The molecule has 0 aliphatic carbocycles. The van der Waals surface area contributed by atoms with Crippen molar-refractivity contribution in [2.24, 2.45) is 0 Å². The summed E-state index contributed by atoms with van der Waals surface area (Å²) in [4.78, 5) is 4.36. The van der Waals surface area contributed by atoms with Crippen molar-refractivity contribution in [3.8, 4) is 0 Å². The van der Waals surface area contributed by atoms with E-state index in [1.807, 2.05) is 24.3 Å². The molecular formula is C13H18ClN3OS. The summed E-state index contributed by atoms with van der Waals surface area (Å²) in [7, 11) is 0. The highest BCUT2D eigenvalue weighted by Gasteiger charge is 2.18. The molecule has 0 saturated carbocycles. The Balaban J connectivity index is 1.87. The Labute approximate surface area is 124 Å². The number of anilines is 1. The molecule has 0 atom stereocenters. The molecule has 1 saturated heterocycles. The van der Waals surface area contributed by atoms with E-state index < -0.39 is 0 Å². The third-order valence-electron chi connectivity index (χ3n) is 3.19. The molecule has 1 aromatic rings. The van der Waals surface area contributed by atoms with Crippen LogP contribution in [0.15, 0.2) is 24.3 Å². The molecule has 0 spiro atoms. The molecule has 104 valence electrons. The molecule has 4 nitrogen and oxygen atoms in total. The molecule has 0 bridgehead atoms. The number of β-amino-alcohol motifs (C(OH)–C–C–N with tert-alkyl or cyclic N) is 1. The van der Waals surface area contributed by atoms with Gasteiger partial charge >= 0.3 is 0 Å². The highest BCUT2D eigenvalue weighted by Crippen LogP contribution is 2.21. The Bertz CT molecular complexity index is 436. The molecule has 2 N–H and O–H groups in total. The number of benzene rings is 1. The van der Waals surface area contributed by atoms with Crippen molar-refractivity contribution >= 4 is 34.6 Å². The first-order chi connectivity index (χ1) is 9.20. The number of thiocarbonyl (C=S) groups is 1. The maximum atomic E-state index is 8.91. The molecule has 1 heterocycles. The standard InChI is InChI=1S/C13H18ClN3OS/c14-11-3-1-2-4-12(11)15-13(19)17-7-5-16(6-8-17)9-10-18/h1-4,18H,5-10H2,(H,15,19). The van der Waals surface area contributed by atoms with Crippen molar-refractivity contribution in [3.05, 3.63) is 29.3 Å². The van der Waals surface area contributed by atoms with E-state index in [4.69, 9.17) is 28.9 Å². The number of halogens is 1. The topological polar surface area (TPSA) is 38.7 Å². The fraction of sp³-hybridized carbons (Fsp3) is 0.462. The zero-order chi connectivity index (χ0) is 13.7. The zero-order valence-corrected chi connectivity index (χ0v) is 12.3. The van der Waals surface area contributed by atoms with Gasteiger partial charge in [0, 0.05) is 32.7 Å². The quantitative estimate of drug-likeness (QED) is 0.831. The van der Waals surface area contributed by atoms with Crippen LogP contribution < -0.4 is 5.32 Å². The molecule has 0 aromatic heterocycles. The average Bonchev–Trinajstić information content (AvgIpc) is 2.42. The summed E-state index contributed by atoms with van der Waals surface area (Å²) in [5, 5.41) is 13.5. The number of rotatable bonds is 3. The smallest absolute Gasteiger partial charge is 0.173 e. The summed E-state index contributed by atoms with van der Waals surface area (Å²) in [5.74, 6) is 0. The summed E-state index contributed by atoms with van der Waals surface area (Å²) in [5.41, 5.74) is 0.840. The van der Waals surface area contributed by atoms with Gasteiger partial charge in [-0.05, 0) is 24.4 Å². The minimum absolute atomic E-state index is 0.211. The Hall–Kier alpha value is -0.880. The first-order valence-corrected chi connectivity index (χ1v) is 7.13. The van der Waals surface area contributed by atoms with Crippen LogP contribution in [-0.4, -0.2) is 59.3 Å². The first-order valence-electron chi connectivity index (χ1n) is 6.34. The lowest BCUT2D eigenvalue weighted by molar-refractivity contribution is 0.148. The molecule has 0 unspecified atom stereocenters. The summed E-state index contributed by atoms with van der Waals surface area (Å²) in [6.45, 7) is 4.53.